The standard InChI is InChI=1S/C24H30O4/c1-6-24(5,14-21(25)26)13-12-20-18(4)23(17(3)16(2)22(20)27)28-15-19-10-8-7-9-11-19/h6-11,27H,1,12-15H2,2-5H3,(H,25,26)/t24-/m1/s1. The van der Waals surface area contributed by atoms with Crippen LogP contribution in [0.1, 0.15) is 47.6 Å². The third kappa shape index (κ3) is 4.94. The van der Waals surface area contributed by atoms with E-state index in [1.165, 1.54) is 0 Å². The zero-order valence-corrected chi connectivity index (χ0v) is 17.2. The molecule has 0 bridgehead atoms. The summed E-state index contributed by atoms with van der Waals surface area (Å²) in [5.74, 6) is 0.201. The Bertz CT molecular complexity index is 855. The van der Waals surface area contributed by atoms with Crippen molar-refractivity contribution in [3.8, 4) is 11.5 Å². The number of hydrogen-bond donors (Lipinski definition) is 2. The molecule has 1 atom stereocenters. The van der Waals surface area contributed by atoms with Crippen LogP contribution < -0.4 is 4.74 Å². The lowest BCUT2D eigenvalue weighted by atomic mass is 9.80. The Morgan fingerprint density at radius 2 is 1.79 bits per heavy atom. The number of carboxylic acid groups (broad SMARTS) is 1. The second-order valence-electron chi connectivity index (χ2n) is 7.73. The van der Waals surface area contributed by atoms with Gasteiger partial charge in [0, 0.05) is 5.56 Å². The number of benzene rings is 2. The van der Waals surface area contributed by atoms with E-state index in [0.717, 1.165) is 33.6 Å². The molecule has 0 fully saturated rings. The Labute approximate surface area is 167 Å². The van der Waals surface area contributed by atoms with Gasteiger partial charge in [0.05, 0.1) is 6.42 Å². The van der Waals surface area contributed by atoms with Gasteiger partial charge >= 0.3 is 5.97 Å². The molecule has 150 valence electrons. The molecule has 0 aliphatic heterocycles. The summed E-state index contributed by atoms with van der Waals surface area (Å²) in [5, 5.41) is 19.9. The fraction of sp³-hybridized carbons (Fsp3) is 0.375. The molecule has 28 heavy (non-hydrogen) atoms. The van der Waals surface area contributed by atoms with Crippen molar-refractivity contribution >= 4 is 5.97 Å². The van der Waals surface area contributed by atoms with Gasteiger partial charge in [0.1, 0.15) is 18.1 Å². The Balaban J connectivity index is 2.30. The largest absolute Gasteiger partial charge is 0.507 e. The van der Waals surface area contributed by atoms with E-state index in [1.807, 2.05) is 58.0 Å². The lowest BCUT2D eigenvalue weighted by Crippen LogP contribution is -2.19. The molecule has 4 heteroatoms. The smallest absolute Gasteiger partial charge is 0.304 e. The maximum absolute atomic E-state index is 11.2. The molecular weight excluding hydrogens is 352 g/mol. The van der Waals surface area contributed by atoms with Crippen LogP contribution in [0.15, 0.2) is 43.0 Å². The molecule has 0 amide bonds. The molecule has 0 saturated carbocycles. The van der Waals surface area contributed by atoms with Crippen LogP contribution in [0.4, 0.5) is 0 Å². The van der Waals surface area contributed by atoms with E-state index in [1.54, 1.807) is 6.08 Å². The first-order chi connectivity index (χ1) is 13.2. The summed E-state index contributed by atoms with van der Waals surface area (Å²) >= 11 is 0. The number of aliphatic carboxylic acids is 1. The number of phenols is 1. The van der Waals surface area contributed by atoms with E-state index in [0.29, 0.717) is 19.4 Å². The molecule has 0 unspecified atom stereocenters. The van der Waals surface area contributed by atoms with Gasteiger partial charge in [-0.15, -0.1) is 6.58 Å². The summed E-state index contributed by atoms with van der Waals surface area (Å²) in [4.78, 5) is 11.2. The zero-order chi connectivity index (χ0) is 20.9. The number of allylic oxidation sites excluding steroid dienone is 1. The fourth-order valence-corrected chi connectivity index (χ4v) is 3.44. The van der Waals surface area contributed by atoms with Gasteiger partial charge in [-0.1, -0.05) is 43.3 Å². The normalized spacial score (nSPS) is 13.0. The van der Waals surface area contributed by atoms with Crippen LogP contribution in [0, 0.1) is 26.2 Å². The van der Waals surface area contributed by atoms with Crippen molar-refractivity contribution in [2.45, 2.75) is 53.6 Å². The highest BCUT2D eigenvalue weighted by atomic mass is 16.5. The van der Waals surface area contributed by atoms with Crippen molar-refractivity contribution < 1.29 is 19.7 Å². The lowest BCUT2D eigenvalue weighted by molar-refractivity contribution is -0.138. The van der Waals surface area contributed by atoms with E-state index < -0.39 is 11.4 Å². The van der Waals surface area contributed by atoms with E-state index in [9.17, 15) is 15.0 Å². The van der Waals surface area contributed by atoms with Crippen LogP contribution in [-0.2, 0) is 17.8 Å². The summed E-state index contributed by atoms with van der Waals surface area (Å²) in [6, 6.07) is 9.95. The molecule has 0 heterocycles. The molecule has 2 aromatic rings. The van der Waals surface area contributed by atoms with Crippen molar-refractivity contribution in [1.29, 1.82) is 0 Å². The molecule has 0 aliphatic carbocycles. The second kappa shape index (κ2) is 8.96. The third-order valence-corrected chi connectivity index (χ3v) is 5.56. The third-order valence-electron chi connectivity index (χ3n) is 5.56. The minimum absolute atomic E-state index is 0.0124. The molecule has 0 aliphatic rings. The topological polar surface area (TPSA) is 66.8 Å². The number of hydrogen-bond acceptors (Lipinski definition) is 3. The van der Waals surface area contributed by atoms with Crippen molar-refractivity contribution in [1.82, 2.24) is 0 Å². The predicted octanol–water partition coefficient (Wildman–Crippen LogP) is 5.50. The number of carbonyl (C=O) groups is 1. The van der Waals surface area contributed by atoms with Gasteiger partial charge in [-0.25, -0.2) is 0 Å². The minimum atomic E-state index is -0.852. The van der Waals surface area contributed by atoms with Crippen molar-refractivity contribution in [3.05, 3.63) is 70.8 Å². The van der Waals surface area contributed by atoms with E-state index in [-0.39, 0.29) is 12.2 Å². The van der Waals surface area contributed by atoms with Crippen LogP contribution >= 0.6 is 0 Å². The van der Waals surface area contributed by atoms with Crippen LogP contribution in [0.25, 0.3) is 0 Å². The quantitative estimate of drug-likeness (QED) is 0.562. The molecule has 2 aromatic carbocycles. The van der Waals surface area contributed by atoms with Crippen LogP contribution in [0.2, 0.25) is 0 Å². The molecule has 0 aromatic heterocycles. The molecule has 4 nitrogen and oxygen atoms in total. The van der Waals surface area contributed by atoms with Gasteiger partial charge in [0.25, 0.3) is 0 Å². The maximum atomic E-state index is 11.2. The molecule has 0 radical (unpaired) electrons. The first-order valence-electron chi connectivity index (χ1n) is 9.52. The summed E-state index contributed by atoms with van der Waals surface area (Å²) in [6.07, 6.45) is 2.84. The van der Waals surface area contributed by atoms with Gasteiger partial charge in [0.2, 0.25) is 0 Å². The summed E-state index contributed by atoms with van der Waals surface area (Å²) < 4.78 is 6.13. The highest BCUT2D eigenvalue weighted by Crippen LogP contribution is 2.40. The van der Waals surface area contributed by atoms with E-state index in [4.69, 9.17) is 4.74 Å². The number of carboxylic acids is 1. The Hall–Kier alpha value is -2.75. The Kier molecular flexibility index (Phi) is 6.90. The van der Waals surface area contributed by atoms with E-state index >= 15 is 0 Å². The predicted molar refractivity (Wildman–Crippen MR) is 112 cm³/mol. The minimum Gasteiger partial charge on any atom is -0.507 e. The van der Waals surface area contributed by atoms with Gasteiger partial charge in [0.15, 0.2) is 0 Å². The number of aromatic hydroxyl groups is 1. The maximum Gasteiger partial charge on any atom is 0.304 e. The monoisotopic (exact) mass is 382 g/mol. The average Bonchev–Trinajstić information content (AvgIpc) is 2.66. The first kappa shape index (κ1) is 21.5. The molecule has 0 spiro atoms. The van der Waals surface area contributed by atoms with Crippen LogP contribution in [0.3, 0.4) is 0 Å². The average molecular weight is 383 g/mol. The zero-order valence-electron chi connectivity index (χ0n) is 17.2. The lowest BCUT2D eigenvalue weighted by Gasteiger charge is -2.25. The number of rotatable bonds is 9. The Morgan fingerprint density at radius 3 is 2.36 bits per heavy atom. The van der Waals surface area contributed by atoms with Gasteiger partial charge in [-0.05, 0) is 61.3 Å². The molecule has 2 N–H and O–H groups in total. The highest BCUT2D eigenvalue weighted by Gasteiger charge is 2.26. The molecule has 2 rings (SSSR count). The van der Waals surface area contributed by atoms with Crippen LogP contribution in [0.5, 0.6) is 11.5 Å². The van der Waals surface area contributed by atoms with Crippen molar-refractivity contribution in [3.63, 3.8) is 0 Å². The molecular formula is C24H30O4. The van der Waals surface area contributed by atoms with Gasteiger partial charge in [-0.2, -0.15) is 0 Å². The van der Waals surface area contributed by atoms with Gasteiger partial charge < -0.3 is 14.9 Å². The second-order valence-corrected chi connectivity index (χ2v) is 7.73. The van der Waals surface area contributed by atoms with Gasteiger partial charge in [-0.3, -0.25) is 4.79 Å². The summed E-state index contributed by atoms with van der Waals surface area (Å²) in [6.45, 7) is 11.9. The first-order valence-corrected chi connectivity index (χ1v) is 9.52. The number of phenolic OH excluding ortho intramolecular Hbond substituents is 1. The molecule has 0 saturated heterocycles. The highest BCUT2D eigenvalue weighted by molar-refractivity contribution is 5.68. The van der Waals surface area contributed by atoms with E-state index in [2.05, 4.69) is 6.58 Å². The van der Waals surface area contributed by atoms with Crippen LogP contribution in [-0.4, -0.2) is 16.2 Å². The SMILES string of the molecule is C=C[C@](C)(CCc1c(C)c(OCc2ccccc2)c(C)c(C)c1O)CC(=O)O. The summed E-state index contributed by atoms with van der Waals surface area (Å²) in [5.41, 5.74) is 3.97. The fourth-order valence-electron chi connectivity index (χ4n) is 3.44. The van der Waals surface area contributed by atoms with Crippen molar-refractivity contribution in [2.75, 3.05) is 0 Å². The number of ether oxygens (including phenoxy) is 1. The summed E-state index contributed by atoms with van der Waals surface area (Å²) in [7, 11) is 0. The Morgan fingerprint density at radius 1 is 1.14 bits per heavy atom. The van der Waals surface area contributed by atoms with Crippen molar-refractivity contribution in [2.24, 2.45) is 5.41 Å².